The molecule has 0 spiro atoms. The lowest BCUT2D eigenvalue weighted by atomic mass is 10.3. The second-order valence-electron chi connectivity index (χ2n) is 1.64. The molecule has 1 rings (SSSR count). The lowest BCUT2D eigenvalue weighted by Crippen LogP contribution is -1.65. The van der Waals surface area contributed by atoms with Crippen molar-refractivity contribution in [2.75, 3.05) is 0 Å². The summed E-state index contributed by atoms with van der Waals surface area (Å²) in [5, 5.41) is 8.82. The first-order valence-electron chi connectivity index (χ1n) is 2.54. The number of phenolic OH excluding ortho intramolecular Hbond substituents is 1. The van der Waals surface area contributed by atoms with E-state index in [4.69, 9.17) is 5.11 Å². The first-order chi connectivity index (χ1) is 4.33. The van der Waals surface area contributed by atoms with Crippen molar-refractivity contribution in [3.05, 3.63) is 30.5 Å². The SMILES string of the molecule is [CH2]Sc1ccc(O)cc1. The summed E-state index contributed by atoms with van der Waals surface area (Å²) in [5.74, 6) is 0.299. The van der Waals surface area contributed by atoms with E-state index in [9.17, 15) is 0 Å². The average Bonchev–Trinajstić information content (AvgIpc) is 1.90. The molecule has 9 heavy (non-hydrogen) atoms. The van der Waals surface area contributed by atoms with Crippen LogP contribution in [0.2, 0.25) is 0 Å². The zero-order chi connectivity index (χ0) is 6.69. The van der Waals surface area contributed by atoms with E-state index in [1.165, 1.54) is 11.8 Å². The van der Waals surface area contributed by atoms with E-state index in [-0.39, 0.29) is 0 Å². The summed E-state index contributed by atoms with van der Waals surface area (Å²) in [6.07, 6.45) is 3.62. The van der Waals surface area contributed by atoms with Crippen molar-refractivity contribution in [3.63, 3.8) is 0 Å². The van der Waals surface area contributed by atoms with Crippen molar-refractivity contribution in [3.8, 4) is 5.75 Å². The van der Waals surface area contributed by atoms with Gasteiger partial charge in [0.05, 0.1) is 0 Å². The first-order valence-corrected chi connectivity index (χ1v) is 3.52. The largest absolute Gasteiger partial charge is 0.508 e. The highest BCUT2D eigenvalue weighted by molar-refractivity contribution is 8.00. The zero-order valence-corrected chi connectivity index (χ0v) is 5.69. The van der Waals surface area contributed by atoms with Crippen LogP contribution in [0.1, 0.15) is 0 Å². The molecule has 0 aliphatic heterocycles. The van der Waals surface area contributed by atoms with Crippen LogP contribution in [0.4, 0.5) is 0 Å². The Morgan fingerprint density at radius 1 is 1.22 bits per heavy atom. The molecule has 1 nitrogen and oxygen atoms in total. The van der Waals surface area contributed by atoms with E-state index < -0.39 is 0 Å². The van der Waals surface area contributed by atoms with Crippen LogP contribution < -0.4 is 0 Å². The highest BCUT2D eigenvalue weighted by Gasteiger charge is 1.87. The molecule has 0 aliphatic carbocycles. The Balaban J connectivity index is 2.88. The van der Waals surface area contributed by atoms with Gasteiger partial charge >= 0.3 is 0 Å². The number of benzene rings is 1. The highest BCUT2D eigenvalue weighted by Crippen LogP contribution is 2.18. The number of rotatable bonds is 1. The number of thioether (sulfide) groups is 1. The molecule has 0 aliphatic rings. The zero-order valence-electron chi connectivity index (χ0n) is 4.87. The normalized spacial score (nSPS) is 9.44. The smallest absolute Gasteiger partial charge is 0.115 e. The Morgan fingerprint density at radius 2 is 1.78 bits per heavy atom. The summed E-state index contributed by atoms with van der Waals surface area (Å²) in [5.41, 5.74) is 0. The third-order valence-corrected chi connectivity index (χ3v) is 1.61. The Hall–Kier alpha value is -0.630. The molecular weight excluding hydrogens is 132 g/mol. The van der Waals surface area contributed by atoms with Crippen molar-refractivity contribution >= 4 is 11.8 Å². The second-order valence-corrected chi connectivity index (χ2v) is 2.40. The maximum Gasteiger partial charge on any atom is 0.115 e. The summed E-state index contributed by atoms with van der Waals surface area (Å²) in [6.45, 7) is 0. The third kappa shape index (κ3) is 1.64. The van der Waals surface area contributed by atoms with Crippen LogP contribution in [-0.2, 0) is 0 Å². The van der Waals surface area contributed by atoms with E-state index in [1.54, 1.807) is 12.1 Å². The molecule has 2 heteroatoms. The Bertz CT molecular complexity index is 181. The van der Waals surface area contributed by atoms with Gasteiger partial charge in [0.25, 0.3) is 0 Å². The summed E-state index contributed by atoms with van der Waals surface area (Å²) < 4.78 is 0. The van der Waals surface area contributed by atoms with E-state index in [0.29, 0.717) is 5.75 Å². The maximum atomic E-state index is 8.82. The molecule has 1 aromatic rings. The van der Waals surface area contributed by atoms with Gasteiger partial charge in [-0.15, -0.1) is 11.8 Å². The van der Waals surface area contributed by atoms with Gasteiger partial charge in [-0.3, -0.25) is 0 Å². The molecule has 1 radical (unpaired) electrons. The number of hydrogen-bond acceptors (Lipinski definition) is 2. The maximum absolute atomic E-state index is 8.82. The van der Waals surface area contributed by atoms with Crippen molar-refractivity contribution in [1.82, 2.24) is 0 Å². The third-order valence-electron chi connectivity index (χ3n) is 1.00. The van der Waals surface area contributed by atoms with Gasteiger partial charge in [-0.1, -0.05) is 0 Å². The lowest BCUT2D eigenvalue weighted by molar-refractivity contribution is 0.475. The fraction of sp³-hybridized carbons (Fsp3) is 0. The molecule has 0 saturated heterocycles. The Morgan fingerprint density at radius 3 is 2.22 bits per heavy atom. The van der Waals surface area contributed by atoms with Crippen molar-refractivity contribution < 1.29 is 5.11 Å². The molecule has 0 heterocycles. The van der Waals surface area contributed by atoms with Gasteiger partial charge in [0, 0.05) is 11.2 Å². The molecule has 0 amide bonds. The van der Waals surface area contributed by atoms with Crippen LogP contribution >= 0.6 is 11.8 Å². The van der Waals surface area contributed by atoms with Gasteiger partial charge in [-0.2, -0.15) is 0 Å². The molecule has 0 saturated carbocycles. The molecule has 0 unspecified atom stereocenters. The van der Waals surface area contributed by atoms with Gasteiger partial charge < -0.3 is 5.11 Å². The van der Waals surface area contributed by atoms with Crippen LogP contribution in [0, 0.1) is 6.26 Å². The van der Waals surface area contributed by atoms with Gasteiger partial charge in [-0.25, -0.2) is 0 Å². The molecule has 47 valence electrons. The number of hydrogen-bond donors (Lipinski definition) is 1. The molecule has 0 bridgehead atoms. The van der Waals surface area contributed by atoms with Gasteiger partial charge in [0.15, 0.2) is 0 Å². The first kappa shape index (κ1) is 6.49. The Kier molecular flexibility index (Phi) is 2.01. The number of aromatic hydroxyl groups is 1. The van der Waals surface area contributed by atoms with Gasteiger partial charge in [0.1, 0.15) is 5.75 Å². The van der Waals surface area contributed by atoms with Gasteiger partial charge in [0.2, 0.25) is 0 Å². The predicted octanol–water partition coefficient (Wildman–Crippen LogP) is 2.28. The highest BCUT2D eigenvalue weighted by atomic mass is 32.2. The topological polar surface area (TPSA) is 20.2 Å². The summed E-state index contributed by atoms with van der Waals surface area (Å²) >= 11 is 1.42. The van der Waals surface area contributed by atoms with Crippen LogP contribution in [0.15, 0.2) is 29.2 Å². The van der Waals surface area contributed by atoms with Crippen molar-refractivity contribution in [1.29, 1.82) is 0 Å². The minimum Gasteiger partial charge on any atom is -0.508 e. The minimum absolute atomic E-state index is 0.299. The van der Waals surface area contributed by atoms with Gasteiger partial charge in [-0.05, 0) is 24.3 Å². The molecule has 0 fully saturated rings. The number of phenols is 1. The average molecular weight is 139 g/mol. The van der Waals surface area contributed by atoms with Crippen LogP contribution in [0.5, 0.6) is 5.75 Å². The van der Waals surface area contributed by atoms with Crippen LogP contribution in [0.3, 0.4) is 0 Å². The van der Waals surface area contributed by atoms with Crippen LogP contribution in [0.25, 0.3) is 0 Å². The van der Waals surface area contributed by atoms with Crippen molar-refractivity contribution in [2.45, 2.75) is 4.90 Å². The monoisotopic (exact) mass is 139 g/mol. The quantitative estimate of drug-likeness (QED) is 0.602. The Labute approximate surface area is 58.7 Å². The lowest BCUT2D eigenvalue weighted by Gasteiger charge is -1.93. The molecular formula is C7H7OS. The molecule has 0 aromatic heterocycles. The standard InChI is InChI=1S/C7H7OS/c1-9-7-4-2-6(8)3-5-7/h2-5,8H,1H2. The van der Waals surface area contributed by atoms with Crippen LogP contribution in [-0.4, -0.2) is 5.11 Å². The summed E-state index contributed by atoms with van der Waals surface area (Å²) in [6, 6.07) is 6.95. The minimum atomic E-state index is 0.299. The molecule has 0 atom stereocenters. The molecule has 1 aromatic carbocycles. The van der Waals surface area contributed by atoms with E-state index in [2.05, 4.69) is 6.26 Å². The fourth-order valence-corrected chi connectivity index (χ4v) is 0.871. The van der Waals surface area contributed by atoms with E-state index >= 15 is 0 Å². The summed E-state index contributed by atoms with van der Waals surface area (Å²) in [7, 11) is 0. The van der Waals surface area contributed by atoms with Crippen molar-refractivity contribution in [2.24, 2.45) is 0 Å². The summed E-state index contributed by atoms with van der Waals surface area (Å²) in [4.78, 5) is 1.06. The fourth-order valence-electron chi connectivity index (χ4n) is 0.542. The molecule has 1 N–H and O–H groups in total. The van der Waals surface area contributed by atoms with E-state index in [1.807, 2.05) is 12.1 Å². The van der Waals surface area contributed by atoms with E-state index in [0.717, 1.165) is 4.90 Å². The second kappa shape index (κ2) is 2.78. The predicted molar refractivity (Wildman–Crippen MR) is 39.3 cm³/mol.